The Labute approximate surface area is 213 Å². The van der Waals surface area contributed by atoms with Gasteiger partial charge >= 0.3 is 6.03 Å². The average Bonchev–Trinajstić information content (AvgIpc) is 3.29. The van der Waals surface area contributed by atoms with E-state index in [1.165, 1.54) is 11.3 Å². The zero-order valence-corrected chi connectivity index (χ0v) is 21.9. The zero-order valence-electron chi connectivity index (χ0n) is 20.3. The molecule has 6 nitrogen and oxygen atoms in total. The van der Waals surface area contributed by atoms with E-state index in [0.717, 1.165) is 54.5 Å². The summed E-state index contributed by atoms with van der Waals surface area (Å²) in [5.74, 6) is 0. The number of aromatic nitrogens is 2. The van der Waals surface area contributed by atoms with E-state index < -0.39 is 0 Å². The molecule has 0 spiro atoms. The number of aryl methyl sites for hydroxylation is 4. The quantitative estimate of drug-likeness (QED) is 0.158. The first kappa shape index (κ1) is 24.4. The fourth-order valence-corrected chi connectivity index (χ4v) is 4.44. The van der Waals surface area contributed by atoms with Crippen LogP contribution in [0.1, 0.15) is 28.1 Å². The van der Waals surface area contributed by atoms with Crippen LogP contribution in [0.15, 0.2) is 65.1 Å². The van der Waals surface area contributed by atoms with Gasteiger partial charge < -0.3 is 26.3 Å². The van der Waals surface area contributed by atoms with Crippen molar-refractivity contribution >= 4 is 55.1 Å². The summed E-state index contributed by atoms with van der Waals surface area (Å²) in [5, 5.41) is 8.04. The lowest BCUT2D eigenvalue weighted by molar-refractivity contribution is 0.252. The highest BCUT2D eigenvalue weighted by atomic mass is 79.9. The molecular weight excluding hydrogens is 502 g/mol. The fourth-order valence-electron chi connectivity index (χ4n) is 4.18. The van der Waals surface area contributed by atoms with Crippen molar-refractivity contribution in [1.82, 2.24) is 15.3 Å². The second kappa shape index (κ2) is 10.3. The zero-order chi connectivity index (χ0) is 25.1. The van der Waals surface area contributed by atoms with Gasteiger partial charge in [-0.3, -0.25) is 0 Å². The summed E-state index contributed by atoms with van der Waals surface area (Å²) in [7, 11) is 0. The van der Waals surface area contributed by atoms with Crippen molar-refractivity contribution in [3.8, 4) is 0 Å². The summed E-state index contributed by atoms with van der Waals surface area (Å²) in [6.07, 6.45) is 0. The van der Waals surface area contributed by atoms with Crippen molar-refractivity contribution in [2.75, 3.05) is 11.1 Å². The molecular formula is C28H30BrN5O. The van der Waals surface area contributed by atoms with Crippen LogP contribution >= 0.6 is 15.9 Å². The molecule has 2 amide bonds. The van der Waals surface area contributed by atoms with Gasteiger partial charge in [-0.05, 0) is 80.8 Å². The molecule has 0 unspecified atom stereocenters. The van der Waals surface area contributed by atoms with E-state index in [4.69, 9.17) is 5.73 Å². The number of nitrogens with one attached hydrogen (secondary N) is 4. The number of carbonyl (C=O) groups excluding carboxylic acids is 1. The number of benzene rings is 3. The first-order valence-corrected chi connectivity index (χ1v) is 12.2. The van der Waals surface area contributed by atoms with Gasteiger partial charge in [0.15, 0.2) is 0 Å². The summed E-state index contributed by atoms with van der Waals surface area (Å²) >= 11 is 3.40. The monoisotopic (exact) mass is 531 g/mol. The minimum Gasteiger partial charge on any atom is -0.398 e. The number of nitrogen functional groups attached to an aromatic ring is 1. The molecule has 0 aliphatic carbocycles. The van der Waals surface area contributed by atoms with Crippen molar-refractivity contribution in [1.29, 1.82) is 0 Å². The van der Waals surface area contributed by atoms with Crippen LogP contribution in [0.2, 0.25) is 0 Å². The van der Waals surface area contributed by atoms with E-state index in [-0.39, 0.29) is 6.03 Å². The van der Waals surface area contributed by atoms with Crippen LogP contribution in [0.4, 0.5) is 16.2 Å². The van der Waals surface area contributed by atoms with E-state index in [0.29, 0.717) is 6.54 Å². The van der Waals surface area contributed by atoms with Crippen LogP contribution in [0.3, 0.4) is 0 Å². The number of rotatable bonds is 3. The molecule has 0 aliphatic rings. The molecule has 0 bridgehead atoms. The van der Waals surface area contributed by atoms with E-state index in [1.54, 1.807) is 0 Å². The van der Waals surface area contributed by atoms with Crippen LogP contribution in [0.5, 0.6) is 0 Å². The summed E-state index contributed by atoms with van der Waals surface area (Å²) in [5.41, 5.74) is 15.5. The maximum atomic E-state index is 12.2. The van der Waals surface area contributed by atoms with Gasteiger partial charge in [-0.2, -0.15) is 0 Å². The molecule has 2 heterocycles. The number of amides is 2. The van der Waals surface area contributed by atoms with E-state index >= 15 is 0 Å². The van der Waals surface area contributed by atoms with E-state index in [1.807, 2.05) is 67.6 Å². The van der Waals surface area contributed by atoms with Crippen molar-refractivity contribution in [2.45, 2.75) is 34.2 Å². The largest absolute Gasteiger partial charge is 0.398 e. The van der Waals surface area contributed by atoms with Crippen molar-refractivity contribution < 1.29 is 4.79 Å². The lowest BCUT2D eigenvalue weighted by Crippen LogP contribution is -2.28. The summed E-state index contributed by atoms with van der Waals surface area (Å²) < 4.78 is 1.02. The molecule has 0 saturated carbocycles. The van der Waals surface area contributed by atoms with Crippen molar-refractivity contribution in [3.63, 3.8) is 0 Å². The maximum absolute atomic E-state index is 12.2. The molecule has 0 aliphatic heterocycles. The lowest BCUT2D eigenvalue weighted by Gasteiger charge is -2.09. The number of halogens is 1. The van der Waals surface area contributed by atoms with Gasteiger partial charge in [0.1, 0.15) is 0 Å². The molecule has 0 radical (unpaired) electrons. The summed E-state index contributed by atoms with van der Waals surface area (Å²) in [4.78, 5) is 18.8. The number of carbonyl (C=O) groups is 1. The summed E-state index contributed by atoms with van der Waals surface area (Å²) in [6.45, 7) is 8.73. The van der Waals surface area contributed by atoms with Crippen LogP contribution < -0.4 is 16.4 Å². The molecule has 6 N–H and O–H groups in total. The number of fused-ring (bicyclic) bond motifs is 2. The highest BCUT2D eigenvalue weighted by molar-refractivity contribution is 9.10. The highest BCUT2D eigenvalue weighted by Crippen LogP contribution is 2.29. The molecule has 0 atom stereocenters. The Bertz CT molecular complexity index is 1500. The molecule has 7 heteroatoms. The Hall–Kier alpha value is -3.71. The number of nitrogens with two attached hydrogens (primary N) is 1. The van der Waals surface area contributed by atoms with Gasteiger partial charge in [0.25, 0.3) is 0 Å². The Morgan fingerprint density at radius 2 is 1.40 bits per heavy atom. The highest BCUT2D eigenvalue weighted by Gasteiger charge is 2.11. The molecule has 5 rings (SSSR count). The number of anilines is 2. The van der Waals surface area contributed by atoms with Gasteiger partial charge in [0, 0.05) is 49.9 Å². The molecule has 5 aromatic rings. The number of urea groups is 1. The van der Waals surface area contributed by atoms with Gasteiger partial charge in [-0.1, -0.05) is 40.2 Å². The molecule has 2 aromatic heterocycles. The predicted molar refractivity (Wildman–Crippen MR) is 150 cm³/mol. The van der Waals surface area contributed by atoms with E-state index in [2.05, 4.69) is 57.3 Å². The Morgan fingerprint density at radius 3 is 2.03 bits per heavy atom. The third kappa shape index (κ3) is 5.35. The summed E-state index contributed by atoms with van der Waals surface area (Å²) in [6, 6.07) is 19.5. The van der Waals surface area contributed by atoms with Crippen LogP contribution in [0.25, 0.3) is 21.8 Å². The SMILES string of the molecule is Cc1[nH]c2cccc(N)c2c1C.Cc1[nH]c2cccc(NC(=O)NCc3ccc(Br)cc3)c2c1C. The molecule has 180 valence electrons. The van der Waals surface area contributed by atoms with E-state index in [9.17, 15) is 4.79 Å². The fraction of sp³-hybridized carbons (Fsp3) is 0.179. The molecule has 35 heavy (non-hydrogen) atoms. The Kier molecular flexibility index (Phi) is 7.17. The van der Waals surface area contributed by atoms with Crippen molar-refractivity contribution in [2.24, 2.45) is 0 Å². The van der Waals surface area contributed by atoms with Gasteiger partial charge in [-0.25, -0.2) is 4.79 Å². The number of aromatic amines is 2. The van der Waals surface area contributed by atoms with Gasteiger partial charge in [-0.15, -0.1) is 0 Å². The third-order valence-electron chi connectivity index (χ3n) is 6.30. The number of hydrogen-bond donors (Lipinski definition) is 5. The second-order valence-electron chi connectivity index (χ2n) is 8.68. The molecule has 0 saturated heterocycles. The van der Waals surface area contributed by atoms with Gasteiger partial charge in [0.2, 0.25) is 0 Å². The van der Waals surface area contributed by atoms with Crippen LogP contribution in [0, 0.1) is 27.7 Å². The maximum Gasteiger partial charge on any atom is 0.319 e. The number of H-pyrrole nitrogens is 2. The molecule has 3 aromatic carbocycles. The van der Waals surface area contributed by atoms with Crippen molar-refractivity contribution in [3.05, 3.63) is 93.2 Å². The topological polar surface area (TPSA) is 98.7 Å². The van der Waals surface area contributed by atoms with Gasteiger partial charge in [0.05, 0.1) is 5.69 Å². The lowest BCUT2D eigenvalue weighted by atomic mass is 10.1. The normalized spacial score (nSPS) is 10.8. The first-order valence-electron chi connectivity index (χ1n) is 11.4. The smallest absolute Gasteiger partial charge is 0.319 e. The average molecular weight is 532 g/mol. The minimum atomic E-state index is -0.210. The minimum absolute atomic E-state index is 0.210. The third-order valence-corrected chi connectivity index (χ3v) is 6.82. The second-order valence-corrected chi connectivity index (χ2v) is 9.60. The predicted octanol–water partition coefficient (Wildman–Crippen LogP) is 7.24. The first-order chi connectivity index (χ1) is 16.7. The molecule has 0 fully saturated rings. The standard InChI is InChI=1S/C18H18BrN3O.C10H12N2/c1-11-12(2)21-15-4-3-5-16(17(11)15)22-18(23)20-10-13-6-8-14(19)9-7-13;1-6-7(2)12-9-5-3-4-8(11)10(6)9/h3-9,21H,10H2,1-2H3,(H2,20,22,23);3-5,12H,11H2,1-2H3. The van der Waals surface area contributed by atoms with Crippen LogP contribution in [-0.4, -0.2) is 16.0 Å². The van der Waals surface area contributed by atoms with Crippen LogP contribution in [-0.2, 0) is 6.54 Å². The number of hydrogen-bond acceptors (Lipinski definition) is 2. The Balaban J connectivity index is 0.000000201. The Morgan fingerprint density at radius 1 is 0.829 bits per heavy atom.